The Kier molecular flexibility index (Phi) is 9.79. The number of aliphatic hydroxyl groups is 1. The monoisotopic (exact) mass is 530 g/mol. The average Bonchev–Trinajstić information content (AvgIpc) is 3.54. The lowest BCUT2D eigenvalue weighted by Gasteiger charge is -2.26. The Bertz CT molecular complexity index is 1170. The third-order valence-corrected chi connectivity index (χ3v) is 6.47. The van der Waals surface area contributed by atoms with Crippen molar-refractivity contribution in [3.05, 3.63) is 36.0 Å². The summed E-state index contributed by atoms with van der Waals surface area (Å²) >= 11 is 0. The number of nitrogens with one attached hydrogen (secondary N) is 5. The lowest BCUT2D eigenvalue weighted by atomic mass is 10.0. The van der Waals surface area contributed by atoms with Gasteiger partial charge in [0.25, 0.3) is 0 Å². The van der Waals surface area contributed by atoms with Crippen LogP contribution in [0.4, 0.5) is 0 Å². The first kappa shape index (κ1) is 28.6. The molecule has 9 N–H and O–H groups in total. The molecule has 38 heavy (non-hydrogen) atoms. The molecule has 4 amide bonds. The number of aliphatic hydroxyl groups excluding tert-OH is 1. The quantitative estimate of drug-likeness (QED) is 0.154. The van der Waals surface area contributed by atoms with Crippen LogP contribution in [0, 0.1) is 0 Å². The van der Waals surface area contributed by atoms with E-state index >= 15 is 0 Å². The van der Waals surface area contributed by atoms with E-state index in [0.29, 0.717) is 18.5 Å². The first-order chi connectivity index (χ1) is 18.1. The zero-order valence-electron chi connectivity index (χ0n) is 21.0. The maximum absolute atomic E-state index is 13.2. The normalized spacial score (nSPS) is 18.2. The molecule has 3 rings (SSSR count). The van der Waals surface area contributed by atoms with Crippen molar-refractivity contribution in [1.82, 2.24) is 26.3 Å². The summed E-state index contributed by atoms with van der Waals surface area (Å²) in [5, 5.41) is 31.0. The Morgan fingerprint density at radius 2 is 1.79 bits per heavy atom. The summed E-state index contributed by atoms with van der Waals surface area (Å²) in [4.78, 5) is 64.9. The molecular formula is C25H34N6O7. The van der Waals surface area contributed by atoms with Gasteiger partial charge in [-0.05, 0) is 44.4 Å². The fraction of sp³-hybridized carbons (Fsp3) is 0.480. The molecule has 0 aliphatic carbocycles. The Balaban J connectivity index is 1.81. The number of H-pyrrole nitrogens is 1. The van der Waals surface area contributed by atoms with Crippen LogP contribution in [-0.4, -0.2) is 81.6 Å². The molecule has 1 aliphatic heterocycles. The number of fused-ring (bicyclic) bond motifs is 1. The van der Waals surface area contributed by atoms with Gasteiger partial charge in [-0.15, -0.1) is 0 Å². The summed E-state index contributed by atoms with van der Waals surface area (Å²) in [6.45, 7) is 2.00. The van der Waals surface area contributed by atoms with Crippen molar-refractivity contribution < 1.29 is 34.2 Å². The van der Waals surface area contributed by atoms with Crippen LogP contribution in [0.25, 0.3) is 10.9 Å². The van der Waals surface area contributed by atoms with Gasteiger partial charge >= 0.3 is 5.97 Å². The van der Waals surface area contributed by atoms with Gasteiger partial charge in [0.05, 0.1) is 12.1 Å². The van der Waals surface area contributed by atoms with Crippen LogP contribution in [0.1, 0.15) is 38.2 Å². The molecule has 0 bridgehead atoms. The van der Waals surface area contributed by atoms with Gasteiger partial charge in [-0.1, -0.05) is 18.2 Å². The third-order valence-electron chi connectivity index (χ3n) is 6.47. The van der Waals surface area contributed by atoms with E-state index in [1.54, 1.807) is 6.20 Å². The molecule has 0 spiro atoms. The number of carboxylic acids is 1. The average molecular weight is 531 g/mol. The molecule has 0 radical (unpaired) electrons. The molecule has 1 aliphatic rings. The Morgan fingerprint density at radius 1 is 1.08 bits per heavy atom. The number of aliphatic carboxylic acids is 1. The number of hydrogen-bond acceptors (Lipinski definition) is 7. The molecule has 0 saturated carbocycles. The smallest absolute Gasteiger partial charge is 0.326 e. The molecule has 1 aromatic carbocycles. The van der Waals surface area contributed by atoms with Gasteiger partial charge in [0.1, 0.15) is 18.1 Å². The first-order valence-corrected chi connectivity index (χ1v) is 12.5. The number of hydrogen-bond donors (Lipinski definition) is 8. The van der Waals surface area contributed by atoms with Crippen molar-refractivity contribution in [2.75, 3.05) is 6.54 Å². The van der Waals surface area contributed by atoms with E-state index in [1.165, 1.54) is 6.92 Å². The van der Waals surface area contributed by atoms with E-state index in [-0.39, 0.29) is 19.3 Å². The van der Waals surface area contributed by atoms with Gasteiger partial charge in [0.2, 0.25) is 23.6 Å². The highest BCUT2D eigenvalue weighted by molar-refractivity contribution is 5.95. The first-order valence-electron chi connectivity index (χ1n) is 12.5. The second kappa shape index (κ2) is 13.0. The van der Waals surface area contributed by atoms with E-state index in [9.17, 15) is 34.2 Å². The number of carbonyl (C=O) groups excluding carboxylic acids is 4. The van der Waals surface area contributed by atoms with Gasteiger partial charge in [-0.25, -0.2) is 4.79 Å². The summed E-state index contributed by atoms with van der Waals surface area (Å²) in [6.07, 6.45) is 1.28. The van der Waals surface area contributed by atoms with E-state index in [2.05, 4.69) is 26.3 Å². The largest absolute Gasteiger partial charge is 0.480 e. The minimum Gasteiger partial charge on any atom is -0.480 e. The van der Waals surface area contributed by atoms with Gasteiger partial charge < -0.3 is 42.2 Å². The number of rotatable bonds is 13. The summed E-state index contributed by atoms with van der Waals surface area (Å²) in [7, 11) is 0. The number of aromatic amines is 1. The number of nitrogens with two attached hydrogens (primary N) is 1. The van der Waals surface area contributed by atoms with E-state index in [4.69, 9.17) is 5.73 Å². The maximum atomic E-state index is 13.2. The summed E-state index contributed by atoms with van der Waals surface area (Å²) in [6, 6.07) is 2.79. The maximum Gasteiger partial charge on any atom is 0.326 e. The Morgan fingerprint density at radius 3 is 2.42 bits per heavy atom. The summed E-state index contributed by atoms with van der Waals surface area (Å²) < 4.78 is 0. The molecule has 13 nitrogen and oxygen atoms in total. The van der Waals surface area contributed by atoms with Crippen LogP contribution in [0.15, 0.2) is 30.5 Å². The molecule has 1 fully saturated rings. The number of carboxylic acid groups (broad SMARTS) is 1. The molecule has 2 aromatic rings. The van der Waals surface area contributed by atoms with Crippen molar-refractivity contribution in [1.29, 1.82) is 0 Å². The van der Waals surface area contributed by atoms with Crippen LogP contribution >= 0.6 is 0 Å². The highest BCUT2D eigenvalue weighted by Gasteiger charge is 2.34. The van der Waals surface area contributed by atoms with Crippen molar-refractivity contribution in [3.63, 3.8) is 0 Å². The van der Waals surface area contributed by atoms with Crippen LogP contribution in [0.2, 0.25) is 0 Å². The Hall–Kier alpha value is -3.97. The summed E-state index contributed by atoms with van der Waals surface area (Å²) in [5.74, 6) is -4.15. The van der Waals surface area contributed by atoms with Gasteiger partial charge in [0, 0.05) is 29.9 Å². The van der Waals surface area contributed by atoms with Gasteiger partial charge in [-0.2, -0.15) is 0 Å². The van der Waals surface area contributed by atoms with Crippen LogP contribution in [0.3, 0.4) is 0 Å². The van der Waals surface area contributed by atoms with E-state index in [1.807, 2.05) is 24.3 Å². The fourth-order valence-corrected chi connectivity index (χ4v) is 4.37. The number of aromatic nitrogens is 1. The van der Waals surface area contributed by atoms with Crippen LogP contribution in [-0.2, 0) is 30.4 Å². The van der Waals surface area contributed by atoms with Crippen molar-refractivity contribution in [2.45, 2.75) is 69.3 Å². The lowest BCUT2D eigenvalue weighted by molar-refractivity contribution is -0.142. The predicted octanol–water partition coefficient (Wildman–Crippen LogP) is -1.35. The zero-order chi connectivity index (χ0) is 27.8. The van der Waals surface area contributed by atoms with E-state index < -0.39 is 59.9 Å². The number of primary amides is 1. The molecule has 13 heteroatoms. The lowest BCUT2D eigenvalue weighted by Crippen LogP contribution is -2.60. The van der Waals surface area contributed by atoms with Gasteiger partial charge in [-0.3, -0.25) is 19.2 Å². The fourth-order valence-electron chi connectivity index (χ4n) is 4.37. The zero-order valence-corrected chi connectivity index (χ0v) is 21.0. The Labute approximate surface area is 218 Å². The number of para-hydroxylation sites is 1. The number of benzene rings is 1. The second-order valence-electron chi connectivity index (χ2n) is 9.40. The molecule has 1 saturated heterocycles. The van der Waals surface area contributed by atoms with Crippen molar-refractivity contribution in [2.24, 2.45) is 5.73 Å². The van der Waals surface area contributed by atoms with Crippen LogP contribution < -0.4 is 27.0 Å². The topological polar surface area (TPSA) is 216 Å². The molecule has 1 aromatic heterocycles. The standard InChI is InChI=1S/C25H34N6O7/c1-13(32)21(31-22(34)17-7-4-10-27-17)24(36)30-19(11-14-12-28-16-6-3-2-5-15(14)16)23(35)29-18(25(37)38)8-9-20(26)33/h2-3,5-6,12-13,17-19,21,27-28,32H,4,7-11H2,1H3,(H2,26,33)(H,29,35)(H,30,36)(H,31,34)(H,37,38). The van der Waals surface area contributed by atoms with Crippen molar-refractivity contribution >= 4 is 40.5 Å². The van der Waals surface area contributed by atoms with Crippen LogP contribution in [0.5, 0.6) is 0 Å². The highest BCUT2D eigenvalue weighted by Crippen LogP contribution is 2.19. The second-order valence-corrected chi connectivity index (χ2v) is 9.40. The summed E-state index contributed by atoms with van der Waals surface area (Å²) in [5.41, 5.74) is 6.60. The molecule has 2 heterocycles. The SMILES string of the molecule is CC(O)C(NC(=O)C1CCCN1)C(=O)NC(Cc1c[nH]c2ccccc12)C(=O)NC(CCC(N)=O)C(=O)O. The third kappa shape index (κ3) is 7.52. The predicted molar refractivity (Wildman–Crippen MR) is 137 cm³/mol. The minimum atomic E-state index is -1.42. The van der Waals surface area contributed by atoms with Crippen molar-refractivity contribution in [3.8, 4) is 0 Å². The van der Waals surface area contributed by atoms with E-state index in [0.717, 1.165) is 17.3 Å². The number of amides is 4. The van der Waals surface area contributed by atoms with Gasteiger partial charge in [0.15, 0.2) is 0 Å². The highest BCUT2D eigenvalue weighted by atomic mass is 16.4. The molecular weight excluding hydrogens is 496 g/mol. The molecule has 206 valence electrons. The molecule has 5 atom stereocenters. The number of carbonyl (C=O) groups is 5. The molecule has 5 unspecified atom stereocenters. The minimum absolute atomic E-state index is 0.0194.